The molecular formula is C14H16O2. The van der Waals surface area contributed by atoms with Gasteiger partial charge in [0, 0.05) is 7.11 Å². The first-order valence-electron chi connectivity index (χ1n) is 5.45. The molecule has 2 rings (SSSR count). The molecule has 2 nitrogen and oxygen atoms in total. The fraction of sp³-hybridized carbons (Fsp3) is 0.286. The van der Waals surface area contributed by atoms with Crippen molar-refractivity contribution in [3.63, 3.8) is 0 Å². The molecule has 0 aliphatic carbocycles. The minimum atomic E-state index is 0.366. The number of methoxy groups -OCH3 is 1. The molecule has 0 saturated heterocycles. The van der Waals surface area contributed by atoms with E-state index in [1.165, 1.54) is 16.3 Å². The molecular weight excluding hydrogens is 200 g/mol. The molecule has 0 amide bonds. The Morgan fingerprint density at radius 3 is 2.69 bits per heavy atom. The van der Waals surface area contributed by atoms with E-state index in [0.29, 0.717) is 13.4 Å². The van der Waals surface area contributed by atoms with Gasteiger partial charge >= 0.3 is 0 Å². The Bertz CT molecular complexity index is 446. The van der Waals surface area contributed by atoms with Gasteiger partial charge in [-0.05, 0) is 22.8 Å². The van der Waals surface area contributed by atoms with Gasteiger partial charge in [-0.25, -0.2) is 0 Å². The lowest BCUT2D eigenvalue weighted by Gasteiger charge is -2.06. The van der Waals surface area contributed by atoms with Crippen molar-refractivity contribution in [3.8, 4) is 0 Å². The quantitative estimate of drug-likeness (QED) is 0.565. The largest absolute Gasteiger partial charge is 0.359 e. The summed E-state index contributed by atoms with van der Waals surface area (Å²) in [6.45, 7) is 1.06. The molecule has 0 spiro atoms. The Hall–Kier alpha value is -1.38. The summed E-state index contributed by atoms with van der Waals surface area (Å²) in [6, 6.07) is 14.8. The summed E-state index contributed by atoms with van der Waals surface area (Å²) >= 11 is 0. The summed E-state index contributed by atoms with van der Waals surface area (Å²) in [5.41, 5.74) is 1.33. The number of hydrogen-bond acceptors (Lipinski definition) is 2. The van der Waals surface area contributed by atoms with Crippen LogP contribution >= 0.6 is 0 Å². The molecule has 0 bridgehead atoms. The number of hydrogen-bond donors (Lipinski definition) is 0. The molecule has 0 radical (unpaired) electrons. The van der Waals surface area contributed by atoms with Crippen LogP contribution in [-0.4, -0.2) is 20.5 Å². The Labute approximate surface area is 95.8 Å². The second-order valence-corrected chi connectivity index (χ2v) is 3.70. The van der Waals surface area contributed by atoms with Crippen LogP contribution < -0.4 is 0 Å². The fourth-order valence-electron chi connectivity index (χ4n) is 1.83. The zero-order valence-electron chi connectivity index (χ0n) is 9.48. The minimum Gasteiger partial charge on any atom is -0.359 e. The van der Waals surface area contributed by atoms with E-state index in [4.69, 9.17) is 9.47 Å². The molecule has 0 N–H and O–H groups in total. The van der Waals surface area contributed by atoms with E-state index in [1.807, 2.05) is 0 Å². The smallest absolute Gasteiger partial charge is 0.146 e. The predicted molar refractivity (Wildman–Crippen MR) is 65.5 cm³/mol. The SMILES string of the molecule is COCOCCc1cccc2ccccc12. The number of rotatable bonds is 5. The predicted octanol–water partition coefficient (Wildman–Crippen LogP) is 3.00. The molecule has 2 aromatic rings. The topological polar surface area (TPSA) is 18.5 Å². The lowest BCUT2D eigenvalue weighted by molar-refractivity contribution is -0.0290. The Morgan fingerprint density at radius 2 is 1.81 bits per heavy atom. The summed E-state index contributed by atoms with van der Waals surface area (Å²) < 4.78 is 10.2. The summed E-state index contributed by atoms with van der Waals surface area (Å²) in [4.78, 5) is 0. The molecule has 0 heterocycles. The van der Waals surface area contributed by atoms with Gasteiger partial charge in [-0.2, -0.15) is 0 Å². The standard InChI is InChI=1S/C14H16O2/c1-15-11-16-10-9-13-7-4-6-12-5-2-3-8-14(12)13/h2-8H,9-11H2,1H3. The van der Waals surface area contributed by atoms with Crippen LogP contribution in [0.5, 0.6) is 0 Å². The van der Waals surface area contributed by atoms with Crippen LogP contribution in [0, 0.1) is 0 Å². The van der Waals surface area contributed by atoms with Gasteiger partial charge in [-0.15, -0.1) is 0 Å². The average Bonchev–Trinajstić information content (AvgIpc) is 2.35. The fourth-order valence-corrected chi connectivity index (χ4v) is 1.83. The van der Waals surface area contributed by atoms with Crippen molar-refractivity contribution in [2.24, 2.45) is 0 Å². The zero-order valence-corrected chi connectivity index (χ0v) is 9.48. The first-order valence-corrected chi connectivity index (χ1v) is 5.45. The van der Waals surface area contributed by atoms with Crippen molar-refractivity contribution in [1.29, 1.82) is 0 Å². The van der Waals surface area contributed by atoms with Gasteiger partial charge in [-0.3, -0.25) is 0 Å². The zero-order chi connectivity index (χ0) is 11.2. The van der Waals surface area contributed by atoms with E-state index >= 15 is 0 Å². The van der Waals surface area contributed by atoms with Crippen LogP contribution in [-0.2, 0) is 15.9 Å². The van der Waals surface area contributed by atoms with Crippen molar-refractivity contribution in [1.82, 2.24) is 0 Å². The van der Waals surface area contributed by atoms with Crippen LogP contribution in [0.4, 0.5) is 0 Å². The summed E-state index contributed by atoms with van der Waals surface area (Å²) in [7, 11) is 1.64. The third kappa shape index (κ3) is 2.60. The average molecular weight is 216 g/mol. The molecule has 0 unspecified atom stereocenters. The third-order valence-corrected chi connectivity index (χ3v) is 2.60. The van der Waals surface area contributed by atoms with Crippen LogP contribution in [0.15, 0.2) is 42.5 Å². The van der Waals surface area contributed by atoms with Crippen molar-refractivity contribution >= 4 is 10.8 Å². The molecule has 16 heavy (non-hydrogen) atoms. The van der Waals surface area contributed by atoms with Crippen LogP contribution in [0.2, 0.25) is 0 Å². The molecule has 2 aromatic carbocycles. The minimum absolute atomic E-state index is 0.366. The maximum absolute atomic E-state index is 5.31. The number of benzene rings is 2. The molecule has 2 heteroatoms. The second-order valence-electron chi connectivity index (χ2n) is 3.70. The van der Waals surface area contributed by atoms with Gasteiger partial charge in [0.25, 0.3) is 0 Å². The molecule has 0 fully saturated rings. The molecule has 0 atom stereocenters. The molecule has 84 valence electrons. The lowest BCUT2D eigenvalue weighted by Crippen LogP contribution is -2.01. The highest BCUT2D eigenvalue weighted by atomic mass is 16.7. The van der Waals surface area contributed by atoms with Crippen LogP contribution in [0.3, 0.4) is 0 Å². The van der Waals surface area contributed by atoms with Crippen LogP contribution in [0.25, 0.3) is 10.8 Å². The first-order chi connectivity index (χ1) is 7.92. The molecule has 0 aliphatic heterocycles. The van der Waals surface area contributed by atoms with E-state index in [-0.39, 0.29) is 0 Å². The van der Waals surface area contributed by atoms with E-state index in [9.17, 15) is 0 Å². The highest BCUT2D eigenvalue weighted by Crippen LogP contribution is 2.18. The molecule has 0 aromatic heterocycles. The maximum atomic E-state index is 5.31. The Balaban J connectivity index is 2.11. The van der Waals surface area contributed by atoms with Gasteiger partial charge < -0.3 is 9.47 Å². The van der Waals surface area contributed by atoms with E-state index in [0.717, 1.165) is 6.42 Å². The molecule has 0 aliphatic rings. The van der Waals surface area contributed by atoms with Gasteiger partial charge in [0.05, 0.1) is 6.61 Å². The number of fused-ring (bicyclic) bond motifs is 1. The van der Waals surface area contributed by atoms with E-state index in [2.05, 4.69) is 42.5 Å². The van der Waals surface area contributed by atoms with Gasteiger partial charge in [0.1, 0.15) is 6.79 Å². The molecule has 0 saturated carbocycles. The summed E-state index contributed by atoms with van der Waals surface area (Å²) in [5, 5.41) is 2.60. The summed E-state index contributed by atoms with van der Waals surface area (Å²) in [6.07, 6.45) is 0.921. The normalized spacial score (nSPS) is 10.8. The Kier molecular flexibility index (Phi) is 3.91. The van der Waals surface area contributed by atoms with Gasteiger partial charge in [0.15, 0.2) is 0 Å². The highest BCUT2D eigenvalue weighted by molar-refractivity contribution is 5.85. The van der Waals surface area contributed by atoms with E-state index in [1.54, 1.807) is 7.11 Å². The summed E-state index contributed by atoms with van der Waals surface area (Å²) in [5.74, 6) is 0. The van der Waals surface area contributed by atoms with Crippen molar-refractivity contribution < 1.29 is 9.47 Å². The van der Waals surface area contributed by atoms with Crippen molar-refractivity contribution in [3.05, 3.63) is 48.0 Å². The first kappa shape index (κ1) is 11.1. The monoisotopic (exact) mass is 216 g/mol. The maximum Gasteiger partial charge on any atom is 0.146 e. The lowest BCUT2D eigenvalue weighted by atomic mass is 10.0. The second kappa shape index (κ2) is 5.64. The van der Waals surface area contributed by atoms with Gasteiger partial charge in [-0.1, -0.05) is 42.5 Å². The highest BCUT2D eigenvalue weighted by Gasteiger charge is 1.99. The van der Waals surface area contributed by atoms with Crippen molar-refractivity contribution in [2.75, 3.05) is 20.5 Å². The van der Waals surface area contributed by atoms with E-state index < -0.39 is 0 Å². The van der Waals surface area contributed by atoms with Crippen molar-refractivity contribution in [2.45, 2.75) is 6.42 Å². The van der Waals surface area contributed by atoms with Crippen LogP contribution in [0.1, 0.15) is 5.56 Å². The Morgan fingerprint density at radius 1 is 1.00 bits per heavy atom. The number of ether oxygens (including phenoxy) is 2. The third-order valence-electron chi connectivity index (χ3n) is 2.60. The van der Waals surface area contributed by atoms with Gasteiger partial charge in [0.2, 0.25) is 0 Å².